The molecule has 2 saturated heterocycles. The zero-order chi connectivity index (χ0) is 20.1. The molecule has 0 aromatic carbocycles. The molecule has 2 N–H and O–H groups in total. The lowest BCUT2D eigenvalue weighted by molar-refractivity contribution is -0.134. The number of hydrogen-bond donors (Lipinski definition) is 2. The van der Waals surface area contributed by atoms with Gasteiger partial charge in [-0.2, -0.15) is 0 Å². The highest BCUT2D eigenvalue weighted by Crippen LogP contribution is 2.33. The maximum atomic E-state index is 12.6. The Balaban J connectivity index is 1.46. The molecule has 3 fully saturated rings. The summed E-state index contributed by atoms with van der Waals surface area (Å²) in [4.78, 5) is 19.1. The molecule has 2 heterocycles. The number of nitrogens with one attached hydrogen (secondary N) is 2. The molecule has 0 bridgehead atoms. The standard InChI is InChI=1S/C22H40N4O2/c1-22(2,3)19-17(10-7-13-28-19)14-24-21(23-4)25-18-11-12-26(15-18)20(27)16-8-5-6-9-16/h16-19H,5-15H2,1-4H3,(H2,23,24,25). The average molecular weight is 393 g/mol. The van der Waals surface area contributed by atoms with Crippen molar-refractivity contribution < 1.29 is 9.53 Å². The molecular weight excluding hydrogens is 352 g/mol. The molecule has 0 aromatic rings. The van der Waals surface area contributed by atoms with Crippen LogP contribution in [0.1, 0.15) is 65.7 Å². The van der Waals surface area contributed by atoms with Crippen LogP contribution in [0.25, 0.3) is 0 Å². The quantitative estimate of drug-likeness (QED) is 0.570. The average Bonchev–Trinajstić information content (AvgIpc) is 3.36. The molecule has 1 saturated carbocycles. The van der Waals surface area contributed by atoms with E-state index in [9.17, 15) is 4.79 Å². The fourth-order valence-corrected chi connectivity index (χ4v) is 5.13. The molecule has 6 nitrogen and oxygen atoms in total. The number of likely N-dealkylation sites (tertiary alicyclic amines) is 1. The molecule has 0 aromatic heterocycles. The monoisotopic (exact) mass is 392 g/mol. The second-order valence-corrected chi connectivity index (χ2v) is 9.91. The van der Waals surface area contributed by atoms with E-state index in [-0.39, 0.29) is 23.5 Å². The van der Waals surface area contributed by atoms with E-state index in [2.05, 4.69) is 41.3 Å². The number of rotatable bonds is 4. The van der Waals surface area contributed by atoms with Gasteiger partial charge in [0, 0.05) is 51.2 Å². The first-order valence-corrected chi connectivity index (χ1v) is 11.3. The number of hydrogen-bond acceptors (Lipinski definition) is 3. The Kier molecular flexibility index (Phi) is 7.24. The van der Waals surface area contributed by atoms with Crippen LogP contribution >= 0.6 is 0 Å². The lowest BCUT2D eigenvalue weighted by Crippen LogP contribution is -2.50. The maximum absolute atomic E-state index is 12.6. The van der Waals surface area contributed by atoms with Gasteiger partial charge >= 0.3 is 0 Å². The van der Waals surface area contributed by atoms with E-state index in [1.165, 1.54) is 19.3 Å². The van der Waals surface area contributed by atoms with Crippen molar-refractivity contribution in [3.63, 3.8) is 0 Å². The third-order valence-corrected chi connectivity index (χ3v) is 6.60. The van der Waals surface area contributed by atoms with Crippen molar-refractivity contribution in [3.8, 4) is 0 Å². The van der Waals surface area contributed by atoms with Crippen molar-refractivity contribution in [2.24, 2.45) is 22.2 Å². The van der Waals surface area contributed by atoms with Crippen LogP contribution in [0.15, 0.2) is 4.99 Å². The fourth-order valence-electron chi connectivity index (χ4n) is 5.13. The van der Waals surface area contributed by atoms with Gasteiger partial charge in [-0.25, -0.2) is 0 Å². The summed E-state index contributed by atoms with van der Waals surface area (Å²) in [6.45, 7) is 10.2. The van der Waals surface area contributed by atoms with E-state index < -0.39 is 0 Å². The number of guanidine groups is 1. The molecule has 3 unspecified atom stereocenters. The molecule has 160 valence electrons. The second-order valence-electron chi connectivity index (χ2n) is 9.91. The summed E-state index contributed by atoms with van der Waals surface area (Å²) in [5.41, 5.74) is 0.149. The maximum Gasteiger partial charge on any atom is 0.225 e. The van der Waals surface area contributed by atoms with Crippen LogP contribution in [0.2, 0.25) is 0 Å². The summed E-state index contributed by atoms with van der Waals surface area (Å²) < 4.78 is 6.10. The lowest BCUT2D eigenvalue weighted by atomic mass is 9.78. The third-order valence-electron chi connectivity index (χ3n) is 6.60. The van der Waals surface area contributed by atoms with E-state index in [0.29, 0.717) is 11.8 Å². The molecule has 0 radical (unpaired) electrons. The number of carbonyl (C=O) groups excluding carboxylic acids is 1. The minimum absolute atomic E-state index is 0.149. The van der Waals surface area contributed by atoms with E-state index in [1.807, 2.05) is 7.05 Å². The summed E-state index contributed by atoms with van der Waals surface area (Å²) in [7, 11) is 1.82. The fraction of sp³-hybridized carbons (Fsp3) is 0.909. The second kappa shape index (κ2) is 9.47. The van der Waals surface area contributed by atoms with E-state index >= 15 is 0 Å². The Labute approximate surface area is 170 Å². The van der Waals surface area contributed by atoms with Crippen molar-refractivity contribution in [2.45, 2.75) is 77.9 Å². The van der Waals surface area contributed by atoms with Crippen molar-refractivity contribution in [3.05, 3.63) is 0 Å². The predicted molar refractivity (Wildman–Crippen MR) is 113 cm³/mol. The van der Waals surface area contributed by atoms with Gasteiger partial charge in [0.25, 0.3) is 0 Å². The molecule has 3 atom stereocenters. The summed E-state index contributed by atoms with van der Waals surface area (Å²) in [5, 5.41) is 7.06. The number of carbonyl (C=O) groups is 1. The number of aliphatic imine (C=N–C) groups is 1. The molecule has 6 heteroatoms. The number of nitrogens with zero attached hydrogens (tertiary/aromatic N) is 2. The SMILES string of the molecule is CN=C(NCC1CCCOC1C(C)(C)C)NC1CCN(C(=O)C2CCCC2)C1. The van der Waals surface area contributed by atoms with E-state index in [0.717, 1.165) is 57.9 Å². The van der Waals surface area contributed by atoms with Gasteiger partial charge in [-0.05, 0) is 37.5 Å². The van der Waals surface area contributed by atoms with Gasteiger partial charge < -0.3 is 20.3 Å². The highest BCUT2D eigenvalue weighted by Gasteiger charge is 2.36. The van der Waals surface area contributed by atoms with Gasteiger partial charge in [0.05, 0.1) is 6.10 Å². The van der Waals surface area contributed by atoms with Crippen LogP contribution in [0.5, 0.6) is 0 Å². The Morgan fingerprint density at radius 1 is 1.14 bits per heavy atom. The van der Waals surface area contributed by atoms with Crippen LogP contribution < -0.4 is 10.6 Å². The molecule has 3 rings (SSSR count). The van der Waals surface area contributed by atoms with E-state index in [1.54, 1.807) is 0 Å². The van der Waals surface area contributed by atoms with Gasteiger partial charge in [0.15, 0.2) is 5.96 Å². The predicted octanol–water partition coefficient (Wildman–Crippen LogP) is 2.78. The topological polar surface area (TPSA) is 66.0 Å². The normalized spacial score (nSPS) is 29.9. The van der Waals surface area contributed by atoms with Gasteiger partial charge in [-0.1, -0.05) is 33.6 Å². The van der Waals surface area contributed by atoms with Gasteiger partial charge in [0.1, 0.15) is 0 Å². The van der Waals surface area contributed by atoms with Crippen molar-refractivity contribution >= 4 is 11.9 Å². The summed E-state index contributed by atoms with van der Waals surface area (Å²) >= 11 is 0. The van der Waals surface area contributed by atoms with E-state index in [4.69, 9.17) is 4.74 Å². The van der Waals surface area contributed by atoms with Crippen LogP contribution in [0.3, 0.4) is 0 Å². The van der Waals surface area contributed by atoms with Crippen LogP contribution in [0.4, 0.5) is 0 Å². The first kappa shape index (κ1) is 21.4. The largest absolute Gasteiger partial charge is 0.377 e. The molecular formula is C22H40N4O2. The number of ether oxygens (including phenoxy) is 1. The third kappa shape index (κ3) is 5.40. The zero-order valence-electron chi connectivity index (χ0n) is 18.3. The zero-order valence-corrected chi connectivity index (χ0v) is 18.3. The molecule has 0 spiro atoms. The molecule has 28 heavy (non-hydrogen) atoms. The van der Waals surface area contributed by atoms with Crippen LogP contribution in [-0.4, -0.2) is 62.2 Å². The Bertz CT molecular complexity index is 551. The first-order chi connectivity index (χ1) is 13.4. The summed E-state index contributed by atoms with van der Waals surface area (Å²) in [6, 6.07) is 0.289. The Morgan fingerprint density at radius 2 is 1.89 bits per heavy atom. The van der Waals surface area contributed by atoms with Crippen molar-refractivity contribution in [1.29, 1.82) is 0 Å². The summed E-state index contributed by atoms with van der Waals surface area (Å²) in [5.74, 6) is 1.99. The van der Waals surface area contributed by atoms with Crippen molar-refractivity contribution in [1.82, 2.24) is 15.5 Å². The van der Waals surface area contributed by atoms with Crippen LogP contribution in [-0.2, 0) is 9.53 Å². The number of amides is 1. The Morgan fingerprint density at radius 3 is 2.57 bits per heavy atom. The minimum atomic E-state index is 0.149. The van der Waals surface area contributed by atoms with Gasteiger partial charge in [-0.15, -0.1) is 0 Å². The summed E-state index contributed by atoms with van der Waals surface area (Å²) in [6.07, 6.45) is 8.18. The molecule has 2 aliphatic heterocycles. The Hall–Kier alpha value is -1.30. The van der Waals surface area contributed by atoms with Gasteiger partial charge in [0.2, 0.25) is 5.91 Å². The minimum Gasteiger partial charge on any atom is -0.377 e. The van der Waals surface area contributed by atoms with Crippen molar-refractivity contribution in [2.75, 3.05) is 33.3 Å². The van der Waals surface area contributed by atoms with Gasteiger partial charge in [-0.3, -0.25) is 9.79 Å². The molecule has 3 aliphatic rings. The first-order valence-electron chi connectivity index (χ1n) is 11.3. The lowest BCUT2D eigenvalue weighted by Gasteiger charge is -2.40. The molecule has 1 aliphatic carbocycles. The smallest absolute Gasteiger partial charge is 0.225 e. The molecule has 1 amide bonds. The van der Waals surface area contributed by atoms with Crippen LogP contribution in [0, 0.1) is 17.3 Å². The highest BCUT2D eigenvalue weighted by atomic mass is 16.5. The highest BCUT2D eigenvalue weighted by molar-refractivity contribution is 5.81.